The van der Waals surface area contributed by atoms with Crippen LogP contribution in [0.15, 0.2) is 54.6 Å². The summed E-state index contributed by atoms with van der Waals surface area (Å²) in [6.07, 6.45) is 2.46. The molecule has 0 N–H and O–H groups in total. The number of unbranched alkanes of at least 4 members (excludes halogenated alkanes) is 1. The summed E-state index contributed by atoms with van der Waals surface area (Å²) in [7, 11) is 0. The molecule has 2 saturated heterocycles. The lowest BCUT2D eigenvalue weighted by molar-refractivity contribution is -0.130. The Labute approximate surface area is 174 Å². The summed E-state index contributed by atoms with van der Waals surface area (Å²) < 4.78 is 5.78. The number of hydrogen-bond acceptors (Lipinski definition) is 3. The summed E-state index contributed by atoms with van der Waals surface area (Å²) in [5.74, 6) is 2.54. The molecule has 2 aliphatic rings. The number of carbonyl (C=O) groups is 1. The van der Waals surface area contributed by atoms with Gasteiger partial charge in [-0.05, 0) is 54.9 Å². The predicted octanol–water partition coefficient (Wildman–Crippen LogP) is 4.13. The number of benzene rings is 2. The Morgan fingerprint density at radius 3 is 2.45 bits per heavy atom. The highest BCUT2D eigenvalue weighted by Gasteiger charge is 2.41. The average molecular weight is 393 g/mol. The summed E-state index contributed by atoms with van der Waals surface area (Å²) in [4.78, 5) is 17.3. The lowest BCUT2D eigenvalue weighted by Crippen LogP contribution is -2.33. The first-order valence-corrected chi connectivity index (χ1v) is 10.9. The molecule has 2 aromatic rings. The minimum absolute atomic E-state index is 0.324. The number of fused-ring (bicyclic) bond motifs is 1. The zero-order valence-corrected chi connectivity index (χ0v) is 17.4. The molecule has 2 aromatic carbocycles. The molecule has 0 radical (unpaired) electrons. The largest absolute Gasteiger partial charge is 0.494 e. The minimum Gasteiger partial charge on any atom is -0.494 e. The van der Waals surface area contributed by atoms with Crippen molar-refractivity contribution >= 4 is 5.91 Å². The van der Waals surface area contributed by atoms with Crippen LogP contribution in [0.5, 0.6) is 5.75 Å². The van der Waals surface area contributed by atoms with Gasteiger partial charge in [0.2, 0.25) is 5.91 Å². The van der Waals surface area contributed by atoms with Gasteiger partial charge in [-0.1, -0.05) is 42.5 Å². The second-order valence-electron chi connectivity index (χ2n) is 8.62. The Hall–Kier alpha value is -2.33. The second-order valence-corrected chi connectivity index (χ2v) is 8.62. The standard InChI is InChI=1S/C25H32N2O2/c1-20-8-7-11-24(14-20)29-13-6-5-12-25(28)27-18-22-16-26(17-23(22)19-27)15-21-9-3-2-4-10-21/h2-4,7-11,14,22-23H,5-6,12-13,15-19H2,1H3/t22-,23-/m1/s1. The molecule has 4 heteroatoms. The van der Waals surface area contributed by atoms with Gasteiger partial charge in [0.25, 0.3) is 0 Å². The summed E-state index contributed by atoms with van der Waals surface area (Å²) >= 11 is 0. The molecule has 4 rings (SSSR count). The first-order chi connectivity index (χ1) is 14.2. The zero-order chi connectivity index (χ0) is 20.1. The maximum Gasteiger partial charge on any atom is 0.222 e. The molecular weight excluding hydrogens is 360 g/mol. The first kappa shape index (κ1) is 20.0. The van der Waals surface area contributed by atoms with E-state index in [1.165, 1.54) is 11.1 Å². The fraction of sp³-hybridized carbons (Fsp3) is 0.480. The number of hydrogen-bond donors (Lipinski definition) is 0. The van der Waals surface area contributed by atoms with Crippen LogP contribution >= 0.6 is 0 Å². The quantitative estimate of drug-likeness (QED) is 0.633. The van der Waals surface area contributed by atoms with E-state index < -0.39 is 0 Å². The molecule has 29 heavy (non-hydrogen) atoms. The molecule has 1 amide bonds. The summed E-state index contributed by atoms with van der Waals surface area (Å²) in [5, 5.41) is 0. The van der Waals surface area contributed by atoms with Crippen molar-refractivity contribution in [1.82, 2.24) is 9.80 Å². The molecule has 2 heterocycles. The summed E-state index contributed by atoms with van der Waals surface area (Å²) in [6.45, 7) is 7.89. The van der Waals surface area contributed by atoms with Gasteiger partial charge in [0.05, 0.1) is 6.61 Å². The maximum absolute atomic E-state index is 12.6. The third-order valence-electron chi connectivity index (χ3n) is 6.21. The van der Waals surface area contributed by atoms with Gasteiger partial charge in [-0.2, -0.15) is 0 Å². The molecule has 0 saturated carbocycles. The Balaban J connectivity index is 1.13. The van der Waals surface area contributed by atoms with Crippen LogP contribution in [0.3, 0.4) is 0 Å². The van der Waals surface area contributed by atoms with E-state index >= 15 is 0 Å². The van der Waals surface area contributed by atoms with Crippen LogP contribution in [0.25, 0.3) is 0 Å². The predicted molar refractivity (Wildman–Crippen MR) is 116 cm³/mol. The van der Waals surface area contributed by atoms with E-state index in [-0.39, 0.29) is 0 Å². The van der Waals surface area contributed by atoms with Crippen molar-refractivity contribution in [1.29, 1.82) is 0 Å². The van der Waals surface area contributed by atoms with E-state index in [9.17, 15) is 4.79 Å². The van der Waals surface area contributed by atoms with Gasteiger partial charge in [-0.25, -0.2) is 0 Å². The normalized spacial score (nSPS) is 21.3. The number of aryl methyl sites for hydroxylation is 1. The van der Waals surface area contributed by atoms with Crippen LogP contribution in [0.2, 0.25) is 0 Å². The molecular formula is C25H32N2O2. The van der Waals surface area contributed by atoms with E-state index in [4.69, 9.17) is 4.74 Å². The van der Waals surface area contributed by atoms with Crippen molar-refractivity contribution < 1.29 is 9.53 Å². The molecule has 2 fully saturated rings. The van der Waals surface area contributed by atoms with Crippen LogP contribution in [0.1, 0.15) is 30.4 Å². The lowest BCUT2D eigenvalue weighted by atomic mass is 10.0. The number of ether oxygens (including phenoxy) is 1. The SMILES string of the molecule is Cc1cccc(OCCCCC(=O)N2C[C@H]3CN(Cc4ccccc4)C[C@@H]3C2)c1. The van der Waals surface area contributed by atoms with Gasteiger partial charge in [0.15, 0.2) is 0 Å². The Kier molecular flexibility index (Phi) is 6.50. The topological polar surface area (TPSA) is 32.8 Å². The smallest absolute Gasteiger partial charge is 0.222 e. The van der Waals surface area contributed by atoms with E-state index in [2.05, 4.69) is 59.2 Å². The highest BCUT2D eigenvalue weighted by molar-refractivity contribution is 5.76. The molecule has 0 bridgehead atoms. The lowest BCUT2D eigenvalue weighted by Gasteiger charge is -2.21. The Morgan fingerprint density at radius 2 is 1.72 bits per heavy atom. The van der Waals surface area contributed by atoms with Crippen LogP contribution in [0, 0.1) is 18.8 Å². The third kappa shape index (κ3) is 5.39. The maximum atomic E-state index is 12.6. The fourth-order valence-electron chi connectivity index (χ4n) is 4.70. The molecule has 2 atom stereocenters. The van der Waals surface area contributed by atoms with Crippen molar-refractivity contribution in [3.63, 3.8) is 0 Å². The second kappa shape index (κ2) is 9.45. The van der Waals surface area contributed by atoms with Crippen molar-refractivity contribution in [2.24, 2.45) is 11.8 Å². The van der Waals surface area contributed by atoms with E-state index in [0.29, 0.717) is 30.8 Å². The monoisotopic (exact) mass is 392 g/mol. The third-order valence-corrected chi connectivity index (χ3v) is 6.21. The number of nitrogens with zero attached hydrogens (tertiary/aromatic N) is 2. The summed E-state index contributed by atoms with van der Waals surface area (Å²) in [5.41, 5.74) is 2.59. The molecule has 154 valence electrons. The van der Waals surface area contributed by atoms with Crippen molar-refractivity contribution in [3.05, 3.63) is 65.7 Å². The van der Waals surface area contributed by atoms with Gasteiger partial charge < -0.3 is 9.64 Å². The van der Waals surface area contributed by atoms with Crippen LogP contribution in [0.4, 0.5) is 0 Å². The first-order valence-electron chi connectivity index (χ1n) is 10.9. The van der Waals surface area contributed by atoms with E-state index in [1.807, 2.05) is 12.1 Å². The van der Waals surface area contributed by atoms with Crippen LogP contribution < -0.4 is 4.74 Å². The fourth-order valence-corrected chi connectivity index (χ4v) is 4.70. The van der Waals surface area contributed by atoms with Gasteiger partial charge in [-0.15, -0.1) is 0 Å². The van der Waals surface area contributed by atoms with Crippen molar-refractivity contribution in [2.45, 2.75) is 32.7 Å². The van der Waals surface area contributed by atoms with Gasteiger partial charge in [0, 0.05) is 39.1 Å². The van der Waals surface area contributed by atoms with Gasteiger partial charge >= 0.3 is 0 Å². The number of carbonyl (C=O) groups excluding carboxylic acids is 1. The Morgan fingerprint density at radius 1 is 0.966 bits per heavy atom. The molecule has 0 unspecified atom stereocenters. The minimum atomic E-state index is 0.324. The molecule has 0 aromatic heterocycles. The van der Waals surface area contributed by atoms with E-state index in [1.54, 1.807) is 0 Å². The highest BCUT2D eigenvalue weighted by atomic mass is 16.5. The number of likely N-dealkylation sites (tertiary alicyclic amines) is 2. The van der Waals surface area contributed by atoms with Crippen molar-refractivity contribution in [3.8, 4) is 5.75 Å². The van der Waals surface area contributed by atoms with Crippen molar-refractivity contribution in [2.75, 3.05) is 32.8 Å². The molecule has 0 spiro atoms. The van der Waals surface area contributed by atoms with Gasteiger partial charge in [-0.3, -0.25) is 9.69 Å². The summed E-state index contributed by atoms with van der Waals surface area (Å²) in [6, 6.07) is 18.8. The van der Waals surface area contributed by atoms with E-state index in [0.717, 1.165) is 51.3 Å². The Bertz CT molecular complexity index is 793. The van der Waals surface area contributed by atoms with Crippen LogP contribution in [-0.2, 0) is 11.3 Å². The number of rotatable bonds is 8. The highest BCUT2D eigenvalue weighted by Crippen LogP contribution is 2.32. The van der Waals surface area contributed by atoms with Crippen LogP contribution in [-0.4, -0.2) is 48.5 Å². The van der Waals surface area contributed by atoms with Gasteiger partial charge in [0.1, 0.15) is 5.75 Å². The molecule has 2 aliphatic heterocycles. The average Bonchev–Trinajstić information content (AvgIpc) is 3.27. The molecule has 0 aliphatic carbocycles. The zero-order valence-electron chi connectivity index (χ0n) is 17.4. The number of amides is 1. The molecule has 4 nitrogen and oxygen atoms in total.